The molecule has 2 fully saturated rings. The van der Waals surface area contributed by atoms with Gasteiger partial charge < -0.3 is 15.7 Å². The van der Waals surface area contributed by atoms with Gasteiger partial charge in [-0.3, -0.25) is 14.4 Å². The Balaban J connectivity index is 1.69. The molecule has 2 aliphatic carbocycles. The molecule has 0 heterocycles. The first kappa shape index (κ1) is 15.5. The van der Waals surface area contributed by atoms with E-state index < -0.39 is 17.8 Å². The maximum Gasteiger partial charge on any atom is 0.307 e. The maximum atomic E-state index is 12.5. The molecule has 2 amide bonds. The van der Waals surface area contributed by atoms with Gasteiger partial charge in [-0.15, -0.1) is 0 Å². The number of carbonyl (C=O) groups is 3. The molecule has 0 spiro atoms. The van der Waals surface area contributed by atoms with Gasteiger partial charge >= 0.3 is 5.97 Å². The van der Waals surface area contributed by atoms with E-state index in [0.29, 0.717) is 11.4 Å². The average Bonchev–Trinajstić information content (AvgIpc) is 3.09. The van der Waals surface area contributed by atoms with Crippen molar-refractivity contribution in [3.8, 4) is 0 Å². The predicted octanol–water partition coefficient (Wildman–Crippen LogP) is 2.33. The average molecular weight is 316 g/mol. The summed E-state index contributed by atoms with van der Waals surface area (Å²) in [5.41, 5.74) is 1.26. The molecule has 23 heavy (non-hydrogen) atoms. The summed E-state index contributed by atoms with van der Waals surface area (Å²) in [7, 11) is 0. The van der Waals surface area contributed by atoms with Crippen LogP contribution in [0, 0.1) is 23.7 Å². The predicted molar refractivity (Wildman–Crippen MR) is 84.8 cm³/mol. The SMILES string of the molecule is CC(=O)Nc1ccc(NC(=O)[C@@H]2[C@H]3CC[C@H](C3)[C@H]2C(=O)O)cc1. The van der Waals surface area contributed by atoms with Gasteiger partial charge in [-0.2, -0.15) is 0 Å². The van der Waals surface area contributed by atoms with Crippen LogP contribution in [0.4, 0.5) is 11.4 Å². The minimum Gasteiger partial charge on any atom is -0.481 e. The van der Waals surface area contributed by atoms with Crippen LogP contribution >= 0.6 is 0 Å². The van der Waals surface area contributed by atoms with Crippen molar-refractivity contribution in [2.24, 2.45) is 23.7 Å². The number of carboxylic acid groups (broad SMARTS) is 1. The fourth-order valence-electron chi connectivity index (χ4n) is 4.09. The first-order valence-corrected chi connectivity index (χ1v) is 7.87. The Morgan fingerprint density at radius 2 is 1.48 bits per heavy atom. The molecular weight excluding hydrogens is 296 g/mol. The van der Waals surface area contributed by atoms with Crippen LogP contribution < -0.4 is 10.6 Å². The third-order valence-electron chi connectivity index (χ3n) is 4.98. The number of aliphatic carboxylic acids is 1. The zero-order valence-corrected chi connectivity index (χ0v) is 12.9. The molecule has 3 N–H and O–H groups in total. The largest absolute Gasteiger partial charge is 0.481 e. The Morgan fingerprint density at radius 3 is 2.00 bits per heavy atom. The molecule has 2 aliphatic rings. The summed E-state index contributed by atoms with van der Waals surface area (Å²) in [5.74, 6) is -1.92. The Morgan fingerprint density at radius 1 is 0.957 bits per heavy atom. The van der Waals surface area contributed by atoms with Crippen molar-refractivity contribution < 1.29 is 19.5 Å². The van der Waals surface area contributed by atoms with Crippen molar-refractivity contribution in [1.82, 2.24) is 0 Å². The number of carbonyl (C=O) groups excluding carboxylic acids is 2. The van der Waals surface area contributed by atoms with E-state index in [2.05, 4.69) is 10.6 Å². The number of anilines is 2. The van der Waals surface area contributed by atoms with Crippen LogP contribution in [0.3, 0.4) is 0 Å². The highest BCUT2D eigenvalue weighted by Crippen LogP contribution is 2.52. The second-order valence-electron chi connectivity index (χ2n) is 6.47. The fourth-order valence-corrected chi connectivity index (χ4v) is 4.09. The van der Waals surface area contributed by atoms with E-state index in [0.717, 1.165) is 19.3 Å². The standard InChI is InChI=1S/C17H20N2O4/c1-9(20)18-12-4-6-13(7-5-12)19-16(21)14-10-2-3-11(8-10)15(14)17(22)23/h4-7,10-11,14-15H,2-3,8H2,1H3,(H,18,20)(H,19,21)(H,22,23)/t10-,11+,14+,15+/m0/s1. The van der Waals surface area contributed by atoms with Gasteiger partial charge in [0.15, 0.2) is 0 Å². The molecule has 0 saturated heterocycles. The molecule has 6 heteroatoms. The lowest BCUT2D eigenvalue weighted by atomic mass is 9.78. The monoisotopic (exact) mass is 316 g/mol. The number of benzene rings is 1. The minimum atomic E-state index is -0.863. The number of amides is 2. The van der Waals surface area contributed by atoms with Gasteiger partial charge in [0.05, 0.1) is 11.8 Å². The van der Waals surface area contributed by atoms with Crippen LogP contribution in [-0.4, -0.2) is 22.9 Å². The molecule has 122 valence electrons. The summed E-state index contributed by atoms with van der Waals surface area (Å²) in [6.45, 7) is 1.43. The van der Waals surface area contributed by atoms with E-state index in [1.807, 2.05) is 0 Å². The minimum absolute atomic E-state index is 0.135. The number of nitrogens with one attached hydrogen (secondary N) is 2. The fraction of sp³-hybridized carbons (Fsp3) is 0.471. The Bertz CT molecular complexity index is 640. The van der Waals surface area contributed by atoms with Gasteiger partial charge in [0.2, 0.25) is 11.8 Å². The number of fused-ring (bicyclic) bond motifs is 2. The third-order valence-corrected chi connectivity index (χ3v) is 4.98. The summed E-state index contributed by atoms with van der Waals surface area (Å²) >= 11 is 0. The van der Waals surface area contributed by atoms with Gasteiger partial charge in [0, 0.05) is 18.3 Å². The lowest BCUT2D eigenvalue weighted by Crippen LogP contribution is -2.37. The van der Waals surface area contributed by atoms with Crippen molar-refractivity contribution >= 4 is 29.2 Å². The number of carboxylic acids is 1. The smallest absolute Gasteiger partial charge is 0.307 e. The highest BCUT2D eigenvalue weighted by molar-refractivity contribution is 5.96. The van der Waals surface area contributed by atoms with Crippen LogP contribution in [0.25, 0.3) is 0 Å². The van der Waals surface area contributed by atoms with E-state index in [1.54, 1.807) is 24.3 Å². The molecular formula is C17H20N2O4. The van der Waals surface area contributed by atoms with Crippen LogP contribution in [0.15, 0.2) is 24.3 Å². The molecule has 4 atom stereocenters. The molecule has 1 aromatic carbocycles. The van der Waals surface area contributed by atoms with Gasteiger partial charge in [-0.25, -0.2) is 0 Å². The van der Waals surface area contributed by atoms with Crippen molar-refractivity contribution in [1.29, 1.82) is 0 Å². The summed E-state index contributed by atoms with van der Waals surface area (Å²) in [4.78, 5) is 35.0. The molecule has 0 unspecified atom stereocenters. The van der Waals surface area contributed by atoms with Gasteiger partial charge in [0.25, 0.3) is 0 Å². The number of hydrogen-bond donors (Lipinski definition) is 3. The summed E-state index contributed by atoms with van der Waals surface area (Å²) < 4.78 is 0. The zero-order chi connectivity index (χ0) is 16.6. The quantitative estimate of drug-likeness (QED) is 0.794. The van der Waals surface area contributed by atoms with Crippen LogP contribution in [0.2, 0.25) is 0 Å². The molecule has 0 aromatic heterocycles. The molecule has 2 bridgehead atoms. The Hall–Kier alpha value is -2.37. The van der Waals surface area contributed by atoms with Crippen molar-refractivity contribution in [3.05, 3.63) is 24.3 Å². The number of hydrogen-bond acceptors (Lipinski definition) is 3. The summed E-state index contributed by atoms with van der Waals surface area (Å²) in [6.07, 6.45) is 2.70. The normalized spacial score (nSPS) is 28.4. The molecule has 0 radical (unpaired) electrons. The molecule has 3 rings (SSSR count). The van der Waals surface area contributed by atoms with Gasteiger partial charge in [-0.05, 0) is 55.4 Å². The maximum absolute atomic E-state index is 12.5. The second-order valence-corrected chi connectivity index (χ2v) is 6.47. The highest BCUT2D eigenvalue weighted by Gasteiger charge is 2.53. The van der Waals surface area contributed by atoms with Crippen molar-refractivity contribution in [2.45, 2.75) is 26.2 Å². The summed E-state index contributed by atoms with van der Waals surface area (Å²) in [6, 6.07) is 6.80. The zero-order valence-electron chi connectivity index (χ0n) is 12.9. The van der Waals surface area contributed by atoms with Crippen molar-refractivity contribution in [2.75, 3.05) is 10.6 Å². The van der Waals surface area contributed by atoms with Crippen molar-refractivity contribution in [3.63, 3.8) is 0 Å². The van der Waals surface area contributed by atoms with Crippen LogP contribution in [0.1, 0.15) is 26.2 Å². The second kappa shape index (κ2) is 6.02. The van der Waals surface area contributed by atoms with Crippen LogP contribution in [-0.2, 0) is 14.4 Å². The first-order chi connectivity index (χ1) is 11.0. The van der Waals surface area contributed by atoms with Gasteiger partial charge in [-0.1, -0.05) is 0 Å². The molecule has 6 nitrogen and oxygen atoms in total. The van der Waals surface area contributed by atoms with E-state index in [1.165, 1.54) is 6.92 Å². The first-order valence-electron chi connectivity index (χ1n) is 7.87. The molecule has 1 aromatic rings. The van der Waals surface area contributed by atoms with Gasteiger partial charge in [0.1, 0.15) is 0 Å². The molecule has 2 saturated carbocycles. The third kappa shape index (κ3) is 3.06. The Labute approximate surface area is 134 Å². The topological polar surface area (TPSA) is 95.5 Å². The highest BCUT2D eigenvalue weighted by atomic mass is 16.4. The summed E-state index contributed by atoms with van der Waals surface area (Å²) in [5, 5.41) is 14.9. The lowest BCUT2D eigenvalue weighted by Gasteiger charge is -2.27. The van der Waals surface area contributed by atoms with E-state index in [9.17, 15) is 19.5 Å². The Kier molecular flexibility index (Phi) is 4.07. The van der Waals surface area contributed by atoms with E-state index in [-0.39, 0.29) is 23.7 Å². The van der Waals surface area contributed by atoms with Crippen LogP contribution in [0.5, 0.6) is 0 Å². The van der Waals surface area contributed by atoms with E-state index >= 15 is 0 Å². The lowest BCUT2D eigenvalue weighted by molar-refractivity contribution is -0.148. The number of rotatable bonds is 4. The molecule has 0 aliphatic heterocycles. The van der Waals surface area contributed by atoms with E-state index in [4.69, 9.17) is 0 Å².